The predicted molar refractivity (Wildman–Crippen MR) is 213 cm³/mol. The lowest BCUT2D eigenvalue weighted by Crippen LogP contribution is -2.57. The third-order valence-corrected chi connectivity index (χ3v) is 13.7. The molecule has 3 aliphatic heterocycles. The van der Waals surface area contributed by atoms with Gasteiger partial charge in [0, 0.05) is 49.7 Å². The van der Waals surface area contributed by atoms with Crippen molar-refractivity contribution in [3.63, 3.8) is 0 Å². The Morgan fingerprint density at radius 2 is 1.93 bits per heavy atom. The van der Waals surface area contributed by atoms with Crippen LogP contribution in [-0.4, -0.2) is 113 Å². The van der Waals surface area contributed by atoms with Gasteiger partial charge in [0.05, 0.1) is 44.5 Å². The normalized spacial score (nSPS) is 29.7. The molecule has 1 saturated heterocycles. The fourth-order valence-corrected chi connectivity index (χ4v) is 10.4. The van der Waals surface area contributed by atoms with Crippen LogP contribution in [0.3, 0.4) is 0 Å². The quantitative estimate of drug-likeness (QED) is 0.328. The van der Waals surface area contributed by atoms with Crippen molar-refractivity contribution < 1.29 is 41.4 Å². The standard InChI is InChI=1S/C41H54ClF2N5O7S/c1-27(2)45-57(53,54)46-38(51)41(52)21-37(50)47(3)16-5-4-8-35(55-18-17-48-24-40(43,44)25-48)32-12-9-29(32)22-49-23-39(26-56-36-14-10-30(41)20-34(36)49)15-6-7-28-19-31(42)11-13-33(28)39/h4,8,10-11,13-14,19-20,27,29,32,35,45,52H,5-7,9,12,15-18,21-26H2,1-3H3,(H,46,51)/b8-4-/t29-,32+,35-,39-,41+/m0/s1. The third kappa shape index (κ3) is 9.13. The number of anilines is 1. The number of alkyl halides is 2. The first-order valence-electron chi connectivity index (χ1n) is 20.0. The number of hydrogen-bond donors (Lipinski definition) is 3. The molecule has 312 valence electrons. The summed E-state index contributed by atoms with van der Waals surface area (Å²) in [5, 5.41) is 13.0. The molecule has 2 aromatic rings. The maximum absolute atomic E-state index is 14.0. The molecule has 2 aliphatic carbocycles. The predicted octanol–water partition coefficient (Wildman–Crippen LogP) is 4.53. The highest BCUT2D eigenvalue weighted by atomic mass is 35.5. The van der Waals surface area contributed by atoms with Gasteiger partial charge in [0.2, 0.25) is 5.91 Å². The van der Waals surface area contributed by atoms with E-state index in [2.05, 4.69) is 15.7 Å². The van der Waals surface area contributed by atoms with Crippen LogP contribution in [0.5, 0.6) is 5.75 Å². The molecule has 5 atom stereocenters. The van der Waals surface area contributed by atoms with Gasteiger partial charge in [0.1, 0.15) is 5.75 Å². The van der Waals surface area contributed by atoms with E-state index in [0.29, 0.717) is 55.7 Å². The maximum atomic E-state index is 14.0. The lowest BCUT2D eigenvalue weighted by molar-refractivity contribution is -0.148. The minimum absolute atomic E-state index is 0.0514. The van der Waals surface area contributed by atoms with Crippen LogP contribution >= 0.6 is 11.6 Å². The van der Waals surface area contributed by atoms with Crippen LogP contribution in [0, 0.1) is 11.8 Å². The average Bonchev–Trinajstić information content (AvgIpc) is 3.26. The number of amides is 2. The number of carbonyl (C=O) groups is 2. The number of aryl methyl sites for hydroxylation is 1. The lowest BCUT2D eigenvalue weighted by Gasteiger charge is -2.46. The Kier molecular flexibility index (Phi) is 12.0. The third-order valence-electron chi connectivity index (χ3n) is 12.3. The van der Waals surface area contributed by atoms with Crippen LogP contribution < -0.4 is 19.1 Å². The second-order valence-electron chi connectivity index (χ2n) is 17.0. The van der Waals surface area contributed by atoms with E-state index in [0.717, 1.165) is 37.7 Å². The number of nitrogens with zero attached hydrogens (tertiary/aromatic N) is 3. The van der Waals surface area contributed by atoms with Crippen molar-refractivity contribution >= 4 is 39.3 Å². The summed E-state index contributed by atoms with van der Waals surface area (Å²) in [5.74, 6) is -3.65. The number of benzene rings is 2. The molecule has 2 bridgehead atoms. The van der Waals surface area contributed by atoms with E-state index >= 15 is 0 Å². The second-order valence-corrected chi connectivity index (χ2v) is 18.8. The van der Waals surface area contributed by atoms with E-state index in [4.69, 9.17) is 21.1 Å². The Labute approximate surface area is 339 Å². The van der Waals surface area contributed by atoms with Crippen molar-refractivity contribution in [2.75, 3.05) is 64.4 Å². The summed E-state index contributed by atoms with van der Waals surface area (Å²) in [7, 11) is -2.83. The molecule has 2 fully saturated rings. The Morgan fingerprint density at radius 1 is 1.14 bits per heavy atom. The van der Waals surface area contributed by atoms with Gasteiger partial charge < -0.3 is 24.4 Å². The molecule has 2 aromatic carbocycles. The number of halogens is 3. The summed E-state index contributed by atoms with van der Waals surface area (Å²) in [6, 6.07) is 10.3. The molecule has 0 unspecified atom stereocenters. The Balaban J connectivity index is 1.27. The zero-order chi connectivity index (χ0) is 40.8. The number of fused-ring (bicyclic) bond motifs is 4. The molecular formula is C41H54ClF2N5O7S. The van der Waals surface area contributed by atoms with Crippen LogP contribution in [-0.2, 0) is 42.0 Å². The highest BCUT2D eigenvalue weighted by molar-refractivity contribution is 7.88. The number of aliphatic hydroxyl groups is 1. The minimum Gasteiger partial charge on any atom is -0.490 e. The van der Waals surface area contributed by atoms with Gasteiger partial charge in [-0.25, -0.2) is 13.5 Å². The molecule has 0 aromatic heterocycles. The van der Waals surface area contributed by atoms with Gasteiger partial charge in [-0.05, 0) is 105 Å². The summed E-state index contributed by atoms with van der Waals surface area (Å²) in [5.41, 5.74) is 0.0112. The van der Waals surface area contributed by atoms with Crippen molar-refractivity contribution in [2.45, 2.75) is 87.9 Å². The molecule has 2 amide bonds. The number of ether oxygens (including phenoxy) is 2. The number of nitrogens with one attached hydrogen (secondary N) is 2. The topological polar surface area (TPSA) is 141 Å². The van der Waals surface area contributed by atoms with Crippen LogP contribution in [0.25, 0.3) is 0 Å². The van der Waals surface area contributed by atoms with Gasteiger partial charge in [-0.3, -0.25) is 14.5 Å². The van der Waals surface area contributed by atoms with Crippen LogP contribution in [0.15, 0.2) is 48.6 Å². The molecule has 1 saturated carbocycles. The number of hydrogen-bond acceptors (Lipinski definition) is 9. The zero-order valence-corrected chi connectivity index (χ0v) is 34.4. The smallest absolute Gasteiger partial charge is 0.301 e. The molecule has 3 N–H and O–H groups in total. The minimum atomic E-state index is -4.39. The van der Waals surface area contributed by atoms with Crippen LogP contribution in [0.4, 0.5) is 14.5 Å². The van der Waals surface area contributed by atoms with Gasteiger partial charge in [-0.15, -0.1) is 0 Å². The number of likely N-dealkylation sites (tertiary alicyclic amines) is 1. The van der Waals surface area contributed by atoms with Crippen LogP contribution in [0.1, 0.15) is 69.1 Å². The molecule has 1 spiro atoms. The Morgan fingerprint density at radius 3 is 2.65 bits per heavy atom. The summed E-state index contributed by atoms with van der Waals surface area (Å²) >= 11 is 6.47. The summed E-state index contributed by atoms with van der Waals surface area (Å²) < 4.78 is 70.4. The Hall–Kier alpha value is -3.34. The van der Waals surface area contributed by atoms with Gasteiger partial charge >= 0.3 is 10.2 Å². The van der Waals surface area contributed by atoms with E-state index in [1.165, 1.54) is 16.5 Å². The van der Waals surface area contributed by atoms with Crippen LogP contribution in [0.2, 0.25) is 5.02 Å². The van der Waals surface area contributed by atoms with Crippen molar-refractivity contribution in [1.82, 2.24) is 19.2 Å². The van der Waals surface area contributed by atoms with Crippen molar-refractivity contribution in [1.29, 1.82) is 0 Å². The molecular weight excluding hydrogens is 780 g/mol. The highest BCUT2D eigenvalue weighted by Crippen LogP contribution is 2.48. The van der Waals surface area contributed by atoms with Crippen molar-refractivity contribution in [3.8, 4) is 5.75 Å². The largest absolute Gasteiger partial charge is 0.490 e. The van der Waals surface area contributed by atoms with Gasteiger partial charge in [0.25, 0.3) is 11.8 Å². The van der Waals surface area contributed by atoms with E-state index in [-0.39, 0.29) is 43.1 Å². The fourth-order valence-electron chi connectivity index (χ4n) is 9.15. The van der Waals surface area contributed by atoms with E-state index in [1.807, 2.05) is 29.0 Å². The summed E-state index contributed by atoms with van der Waals surface area (Å²) in [4.78, 5) is 33.1. The monoisotopic (exact) mass is 833 g/mol. The van der Waals surface area contributed by atoms with Crippen molar-refractivity contribution in [3.05, 3.63) is 70.3 Å². The molecule has 16 heteroatoms. The van der Waals surface area contributed by atoms with E-state index in [1.54, 1.807) is 37.9 Å². The number of rotatable bonds is 8. The molecule has 7 rings (SSSR count). The zero-order valence-electron chi connectivity index (χ0n) is 32.8. The first-order chi connectivity index (χ1) is 27.0. The number of carbonyl (C=O) groups excluding carboxylic acids is 2. The summed E-state index contributed by atoms with van der Waals surface area (Å²) in [6.07, 6.45) is 7.92. The molecule has 57 heavy (non-hydrogen) atoms. The van der Waals surface area contributed by atoms with Gasteiger partial charge in [-0.2, -0.15) is 13.1 Å². The SMILES string of the molecule is CC(C)NS(=O)(=O)NC(=O)[C@@]1(O)CC(=O)N(C)CC/C=C\[C@H](OCCN2CC(F)(F)C2)[C@@H]2CC[C@H]2CN2C[C@@]3(CCCc4cc(Cl)ccc43)COc3ccc1cc32. The first-order valence-corrected chi connectivity index (χ1v) is 21.8. The van der Waals surface area contributed by atoms with Gasteiger partial charge in [-0.1, -0.05) is 35.9 Å². The highest BCUT2D eigenvalue weighted by Gasteiger charge is 2.48. The maximum Gasteiger partial charge on any atom is 0.301 e. The molecule has 12 nitrogen and oxygen atoms in total. The summed E-state index contributed by atoms with van der Waals surface area (Å²) in [6.45, 7) is 5.14. The lowest BCUT2D eigenvalue weighted by atomic mass is 9.68. The molecule has 5 aliphatic rings. The molecule has 3 heterocycles. The van der Waals surface area contributed by atoms with E-state index in [9.17, 15) is 31.9 Å². The molecule has 0 radical (unpaired) electrons. The van der Waals surface area contributed by atoms with Crippen molar-refractivity contribution in [2.24, 2.45) is 11.8 Å². The first kappa shape index (κ1) is 41.8. The van der Waals surface area contributed by atoms with E-state index < -0.39 is 51.4 Å². The fraction of sp³-hybridized carbons (Fsp3) is 0.610. The van der Waals surface area contributed by atoms with Gasteiger partial charge in [0.15, 0.2) is 5.60 Å². The average molecular weight is 834 g/mol. The second kappa shape index (κ2) is 16.4. The Bertz CT molecular complexity index is 1980.